The van der Waals surface area contributed by atoms with Gasteiger partial charge in [0, 0.05) is 23.7 Å². The van der Waals surface area contributed by atoms with Gasteiger partial charge in [0.1, 0.15) is 0 Å². The molecule has 0 fully saturated rings. The number of benzene rings is 1. The fourth-order valence-corrected chi connectivity index (χ4v) is 2.24. The van der Waals surface area contributed by atoms with E-state index in [0.29, 0.717) is 12.1 Å². The maximum atomic E-state index is 11.0. The highest BCUT2D eigenvalue weighted by atomic mass is 16.3. The van der Waals surface area contributed by atoms with E-state index >= 15 is 0 Å². The van der Waals surface area contributed by atoms with Crippen LogP contribution in [0, 0.1) is 13.8 Å². The first-order chi connectivity index (χ1) is 7.67. The van der Waals surface area contributed by atoms with E-state index in [1.54, 1.807) is 6.20 Å². The second kappa shape index (κ2) is 4.10. The van der Waals surface area contributed by atoms with Gasteiger partial charge < -0.3 is 9.67 Å². The average molecular weight is 217 g/mol. The Morgan fingerprint density at radius 2 is 2.12 bits per heavy atom. The summed E-state index contributed by atoms with van der Waals surface area (Å²) in [6.07, 6.45) is 2.68. The van der Waals surface area contributed by atoms with E-state index in [-0.39, 0.29) is 6.61 Å². The minimum Gasteiger partial charge on any atom is -0.395 e. The lowest BCUT2D eigenvalue weighted by Gasteiger charge is -2.06. The topological polar surface area (TPSA) is 42.2 Å². The number of aldehydes is 1. The normalized spacial score (nSPS) is 10.9. The number of nitrogens with zero attached hydrogens (tertiary/aromatic N) is 1. The van der Waals surface area contributed by atoms with Crippen LogP contribution in [0.25, 0.3) is 10.9 Å². The third-order valence-electron chi connectivity index (χ3n) is 2.81. The van der Waals surface area contributed by atoms with E-state index in [1.807, 2.05) is 24.5 Å². The van der Waals surface area contributed by atoms with Gasteiger partial charge in [-0.05, 0) is 25.5 Å². The van der Waals surface area contributed by atoms with Crippen molar-refractivity contribution in [3.63, 3.8) is 0 Å². The van der Waals surface area contributed by atoms with E-state index in [9.17, 15) is 4.79 Å². The number of fused-ring (bicyclic) bond motifs is 1. The molecular formula is C13H15NO2. The van der Waals surface area contributed by atoms with Crippen LogP contribution >= 0.6 is 0 Å². The van der Waals surface area contributed by atoms with Crippen LogP contribution in [0.15, 0.2) is 18.3 Å². The Bertz CT molecular complexity index is 540. The van der Waals surface area contributed by atoms with Gasteiger partial charge in [-0.1, -0.05) is 11.6 Å². The maximum absolute atomic E-state index is 11.0. The van der Waals surface area contributed by atoms with Gasteiger partial charge in [-0.15, -0.1) is 0 Å². The number of aliphatic hydroxyl groups excluding tert-OH is 1. The monoisotopic (exact) mass is 217 g/mol. The summed E-state index contributed by atoms with van der Waals surface area (Å²) in [5.74, 6) is 0. The molecule has 84 valence electrons. The zero-order valence-electron chi connectivity index (χ0n) is 9.53. The highest BCUT2D eigenvalue weighted by molar-refractivity contribution is 5.99. The quantitative estimate of drug-likeness (QED) is 0.800. The van der Waals surface area contributed by atoms with Crippen molar-refractivity contribution in [1.82, 2.24) is 4.57 Å². The van der Waals surface area contributed by atoms with Crippen molar-refractivity contribution in [1.29, 1.82) is 0 Å². The zero-order chi connectivity index (χ0) is 11.7. The van der Waals surface area contributed by atoms with Gasteiger partial charge in [0.15, 0.2) is 6.29 Å². The van der Waals surface area contributed by atoms with Crippen molar-refractivity contribution in [2.24, 2.45) is 0 Å². The fourth-order valence-electron chi connectivity index (χ4n) is 2.24. The fraction of sp³-hybridized carbons (Fsp3) is 0.308. The summed E-state index contributed by atoms with van der Waals surface area (Å²) in [7, 11) is 0. The zero-order valence-corrected chi connectivity index (χ0v) is 9.53. The third-order valence-corrected chi connectivity index (χ3v) is 2.81. The second-order valence-electron chi connectivity index (χ2n) is 4.10. The number of aliphatic hydroxyl groups is 1. The summed E-state index contributed by atoms with van der Waals surface area (Å²) < 4.78 is 1.94. The van der Waals surface area contributed by atoms with Crippen LogP contribution in [0.5, 0.6) is 0 Å². The van der Waals surface area contributed by atoms with E-state index < -0.39 is 0 Å². The predicted octanol–water partition coefficient (Wildman–Crippen LogP) is 2.06. The number of aromatic nitrogens is 1. The molecule has 0 radical (unpaired) electrons. The highest BCUT2D eigenvalue weighted by Gasteiger charge is 2.10. The van der Waals surface area contributed by atoms with Crippen LogP contribution < -0.4 is 0 Å². The molecule has 16 heavy (non-hydrogen) atoms. The van der Waals surface area contributed by atoms with E-state index in [4.69, 9.17) is 5.11 Å². The Morgan fingerprint density at radius 1 is 1.38 bits per heavy atom. The van der Waals surface area contributed by atoms with Gasteiger partial charge in [-0.25, -0.2) is 0 Å². The minimum absolute atomic E-state index is 0.0788. The molecule has 1 aromatic heterocycles. The molecule has 2 aromatic rings. The van der Waals surface area contributed by atoms with Crippen molar-refractivity contribution in [2.45, 2.75) is 20.4 Å². The molecule has 3 nitrogen and oxygen atoms in total. The molecule has 0 aliphatic carbocycles. The third kappa shape index (κ3) is 1.63. The largest absolute Gasteiger partial charge is 0.395 e. The van der Waals surface area contributed by atoms with Crippen LogP contribution in [0.2, 0.25) is 0 Å². The maximum Gasteiger partial charge on any atom is 0.152 e. The molecule has 2 rings (SSSR count). The molecular weight excluding hydrogens is 202 g/mol. The molecule has 0 atom stereocenters. The first-order valence-electron chi connectivity index (χ1n) is 5.33. The lowest BCUT2D eigenvalue weighted by atomic mass is 10.1. The summed E-state index contributed by atoms with van der Waals surface area (Å²) in [5, 5.41) is 9.97. The Kier molecular flexibility index (Phi) is 2.79. The number of aryl methyl sites for hydroxylation is 2. The van der Waals surface area contributed by atoms with Crippen molar-refractivity contribution in [3.05, 3.63) is 35.0 Å². The number of rotatable bonds is 3. The Morgan fingerprint density at radius 3 is 2.75 bits per heavy atom. The summed E-state index contributed by atoms with van der Waals surface area (Å²) >= 11 is 0. The van der Waals surface area contributed by atoms with Gasteiger partial charge in [0.2, 0.25) is 0 Å². The Labute approximate surface area is 94.3 Å². The van der Waals surface area contributed by atoms with Crippen LogP contribution in [-0.2, 0) is 6.54 Å². The van der Waals surface area contributed by atoms with Crippen molar-refractivity contribution >= 4 is 17.2 Å². The van der Waals surface area contributed by atoms with Crippen molar-refractivity contribution in [3.8, 4) is 0 Å². The van der Waals surface area contributed by atoms with Gasteiger partial charge in [0.25, 0.3) is 0 Å². The highest BCUT2D eigenvalue weighted by Crippen LogP contribution is 2.25. The number of hydrogen-bond donors (Lipinski definition) is 1. The molecule has 0 unspecified atom stereocenters. The first-order valence-corrected chi connectivity index (χ1v) is 5.33. The van der Waals surface area contributed by atoms with Crippen LogP contribution in [0.4, 0.5) is 0 Å². The summed E-state index contributed by atoms with van der Waals surface area (Å²) in [6, 6.07) is 4.10. The lowest BCUT2D eigenvalue weighted by Crippen LogP contribution is -2.01. The summed E-state index contributed by atoms with van der Waals surface area (Å²) in [6.45, 7) is 4.64. The number of carbonyl (C=O) groups is 1. The van der Waals surface area contributed by atoms with Crippen molar-refractivity contribution < 1.29 is 9.90 Å². The predicted molar refractivity (Wildman–Crippen MR) is 63.9 cm³/mol. The molecule has 1 heterocycles. The molecule has 0 bridgehead atoms. The van der Waals surface area contributed by atoms with Gasteiger partial charge in [0.05, 0.1) is 12.1 Å². The van der Waals surface area contributed by atoms with Crippen molar-refractivity contribution in [2.75, 3.05) is 6.61 Å². The van der Waals surface area contributed by atoms with Crippen LogP contribution in [-0.4, -0.2) is 22.6 Å². The van der Waals surface area contributed by atoms with E-state index in [1.165, 1.54) is 0 Å². The van der Waals surface area contributed by atoms with E-state index in [0.717, 1.165) is 28.3 Å². The minimum atomic E-state index is 0.0788. The Hall–Kier alpha value is -1.61. The molecule has 0 amide bonds. The van der Waals surface area contributed by atoms with Crippen LogP contribution in [0.3, 0.4) is 0 Å². The second-order valence-corrected chi connectivity index (χ2v) is 4.10. The molecule has 0 saturated carbocycles. The standard InChI is InChI=1S/C13H15NO2/c1-9-5-10(2)13-12(6-9)11(8-16)7-14(13)3-4-15/h5-8,15H,3-4H2,1-2H3. The molecule has 1 aromatic carbocycles. The smallest absolute Gasteiger partial charge is 0.152 e. The molecule has 3 heteroatoms. The summed E-state index contributed by atoms with van der Waals surface area (Å²) in [5.41, 5.74) is 4.02. The van der Waals surface area contributed by atoms with E-state index in [2.05, 4.69) is 6.07 Å². The van der Waals surface area contributed by atoms with Gasteiger partial charge in [-0.2, -0.15) is 0 Å². The molecule has 0 spiro atoms. The molecule has 1 N–H and O–H groups in total. The Balaban J connectivity index is 2.79. The molecule has 0 saturated heterocycles. The van der Waals surface area contributed by atoms with Gasteiger partial charge in [-0.3, -0.25) is 4.79 Å². The first kappa shape index (κ1) is 10.9. The SMILES string of the molecule is Cc1cc(C)c2c(c1)c(C=O)cn2CCO. The average Bonchev–Trinajstić information content (AvgIpc) is 2.57. The number of hydrogen-bond acceptors (Lipinski definition) is 2. The summed E-state index contributed by atoms with van der Waals surface area (Å²) in [4.78, 5) is 11.0. The molecule has 0 aliphatic rings. The lowest BCUT2D eigenvalue weighted by molar-refractivity contribution is 0.112. The molecule has 0 aliphatic heterocycles. The number of carbonyl (C=O) groups excluding carboxylic acids is 1. The van der Waals surface area contributed by atoms with Crippen LogP contribution in [0.1, 0.15) is 21.5 Å². The van der Waals surface area contributed by atoms with Gasteiger partial charge >= 0.3 is 0 Å².